The van der Waals surface area contributed by atoms with Crippen molar-refractivity contribution >= 4 is 17.5 Å². The van der Waals surface area contributed by atoms with Crippen molar-refractivity contribution in [2.45, 2.75) is 6.18 Å². The van der Waals surface area contributed by atoms with Gasteiger partial charge in [0, 0.05) is 12.7 Å². The zero-order chi connectivity index (χ0) is 13.1. The quantitative estimate of drug-likeness (QED) is 0.736. The average Bonchev–Trinajstić information content (AvgIpc) is 2.27. The van der Waals surface area contributed by atoms with Crippen molar-refractivity contribution < 1.29 is 22.8 Å². The zero-order valence-corrected chi connectivity index (χ0v) is 8.76. The van der Waals surface area contributed by atoms with E-state index in [0.29, 0.717) is 0 Å². The van der Waals surface area contributed by atoms with E-state index in [4.69, 9.17) is 0 Å². The van der Waals surface area contributed by atoms with Crippen LogP contribution in [0.15, 0.2) is 24.3 Å². The van der Waals surface area contributed by atoms with E-state index in [-0.39, 0.29) is 5.69 Å². The van der Waals surface area contributed by atoms with Gasteiger partial charge in [0.05, 0.1) is 5.56 Å². The normalized spacial score (nSPS) is 10.8. The van der Waals surface area contributed by atoms with Crippen LogP contribution in [0.5, 0.6) is 0 Å². The highest BCUT2D eigenvalue weighted by Crippen LogP contribution is 2.29. The number of carbonyl (C=O) groups is 2. The van der Waals surface area contributed by atoms with Gasteiger partial charge in [0.25, 0.3) is 0 Å². The lowest BCUT2D eigenvalue weighted by Gasteiger charge is -2.08. The number of anilines is 1. The molecule has 1 aromatic carbocycles. The summed E-state index contributed by atoms with van der Waals surface area (Å²) in [4.78, 5) is 21.9. The maximum Gasteiger partial charge on any atom is 0.416 e. The van der Waals surface area contributed by atoms with Gasteiger partial charge < -0.3 is 10.6 Å². The molecule has 0 spiro atoms. The second kappa shape index (κ2) is 4.86. The van der Waals surface area contributed by atoms with Crippen LogP contribution >= 0.6 is 0 Å². The molecule has 1 rings (SSSR count). The van der Waals surface area contributed by atoms with E-state index in [9.17, 15) is 22.8 Å². The Hall–Kier alpha value is -2.05. The van der Waals surface area contributed by atoms with Gasteiger partial charge in [0.15, 0.2) is 0 Å². The Morgan fingerprint density at radius 1 is 1.06 bits per heavy atom. The monoisotopic (exact) mass is 246 g/mol. The molecule has 2 N–H and O–H groups in total. The standard InChI is InChI=1S/C10H9F3N2O2/c1-14-8(16)9(17)15-7-4-2-6(3-5-7)10(11,12)13/h2-5H,1H3,(H,14,16)(H,15,17). The Labute approximate surface area is 94.8 Å². The fourth-order valence-electron chi connectivity index (χ4n) is 1.04. The van der Waals surface area contributed by atoms with Gasteiger partial charge in [-0.2, -0.15) is 13.2 Å². The Balaban J connectivity index is 2.76. The van der Waals surface area contributed by atoms with Crippen molar-refractivity contribution in [2.75, 3.05) is 12.4 Å². The maximum absolute atomic E-state index is 12.2. The predicted octanol–water partition coefficient (Wildman–Crippen LogP) is 1.39. The number of hydrogen-bond acceptors (Lipinski definition) is 2. The molecule has 0 aliphatic rings. The van der Waals surface area contributed by atoms with E-state index < -0.39 is 23.6 Å². The molecule has 0 saturated heterocycles. The highest BCUT2D eigenvalue weighted by molar-refractivity contribution is 6.39. The molecule has 0 aliphatic carbocycles. The topological polar surface area (TPSA) is 58.2 Å². The third-order valence-corrected chi connectivity index (χ3v) is 1.90. The number of hydrogen-bond donors (Lipinski definition) is 2. The molecule has 0 heterocycles. The lowest BCUT2D eigenvalue weighted by molar-refractivity contribution is -0.137. The molecular formula is C10H9F3N2O2. The van der Waals surface area contributed by atoms with Crippen LogP contribution in [0.1, 0.15) is 5.56 Å². The lowest BCUT2D eigenvalue weighted by atomic mass is 10.2. The van der Waals surface area contributed by atoms with Gasteiger partial charge in [0.1, 0.15) is 0 Å². The third-order valence-electron chi connectivity index (χ3n) is 1.90. The predicted molar refractivity (Wildman–Crippen MR) is 54.1 cm³/mol. The molecule has 0 aromatic heterocycles. The van der Waals surface area contributed by atoms with Crippen molar-refractivity contribution in [3.05, 3.63) is 29.8 Å². The molecule has 92 valence electrons. The highest BCUT2D eigenvalue weighted by Gasteiger charge is 2.30. The molecular weight excluding hydrogens is 237 g/mol. The molecule has 17 heavy (non-hydrogen) atoms. The number of amides is 2. The van der Waals surface area contributed by atoms with Crippen LogP contribution in [0.25, 0.3) is 0 Å². The summed E-state index contributed by atoms with van der Waals surface area (Å²) in [6.45, 7) is 0. The van der Waals surface area contributed by atoms with Crippen molar-refractivity contribution in [2.24, 2.45) is 0 Å². The largest absolute Gasteiger partial charge is 0.416 e. The van der Waals surface area contributed by atoms with E-state index in [1.54, 1.807) is 0 Å². The summed E-state index contributed by atoms with van der Waals surface area (Å²) in [7, 11) is 1.27. The molecule has 0 unspecified atom stereocenters. The van der Waals surface area contributed by atoms with Crippen LogP contribution in [0.3, 0.4) is 0 Å². The fourth-order valence-corrected chi connectivity index (χ4v) is 1.04. The van der Waals surface area contributed by atoms with Crippen LogP contribution < -0.4 is 10.6 Å². The summed E-state index contributed by atoms with van der Waals surface area (Å²) < 4.78 is 36.6. The van der Waals surface area contributed by atoms with Crippen molar-refractivity contribution in [1.29, 1.82) is 0 Å². The molecule has 0 fully saturated rings. The maximum atomic E-state index is 12.2. The molecule has 0 radical (unpaired) electrons. The zero-order valence-electron chi connectivity index (χ0n) is 8.76. The Kier molecular flexibility index (Phi) is 3.72. The summed E-state index contributed by atoms with van der Waals surface area (Å²) in [5.41, 5.74) is -0.706. The SMILES string of the molecule is CNC(=O)C(=O)Nc1ccc(C(F)(F)F)cc1. The first-order chi connectivity index (χ1) is 7.84. The summed E-state index contributed by atoms with van der Waals surface area (Å²) in [6, 6.07) is 3.78. The number of carbonyl (C=O) groups excluding carboxylic acids is 2. The van der Waals surface area contributed by atoms with E-state index in [0.717, 1.165) is 24.3 Å². The second-order valence-corrected chi connectivity index (χ2v) is 3.11. The van der Waals surface area contributed by atoms with Crippen LogP contribution in [-0.4, -0.2) is 18.9 Å². The van der Waals surface area contributed by atoms with Gasteiger partial charge in [-0.25, -0.2) is 0 Å². The Bertz CT molecular complexity index is 426. The summed E-state index contributed by atoms with van der Waals surface area (Å²) in [5.74, 6) is -1.81. The minimum absolute atomic E-state index is 0.117. The molecule has 0 atom stereocenters. The fraction of sp³-hybridized carbons (Fsp3) is 0.200. The van der Waals surface area contributed by atoms with E-state index in [1.807, 2.05) is 0 Å². The van der Waals surface area contributed by atoms with Gasteiger partial charge in [0.2, 0.25) is 0 Å². The molecule has 7 heteroatoms. The number of rotatable bonds is 1. The van der Waals surface area contributed by atoms with Gasteiger partial charge >= 0.3 is 18.0 Å². The molecule has 0 saturated carbocycles. The Morgan fingerprint density at radius 3 is 2.00 bits per heavy atom. The van der Waals surface area contributed by atoms with E-state index in [1.165, 1.54) is 7.05 Å². The minimum Gasteiger partial charge on any atom is -0.351 e. The number of nitrogens with one attached hydrogen (secondary N) is 2. The smallest absolute Gasteiger partial charge is 0.351 e. The summed E-state index contributed by atoms with van der Waals surface area (Å²) in [6.07, 6.45) is -4.43. The van der Waals surface area contributed by atoms with Gasteiger partial charge in [-0.05, 0) is 24.3 Å². The summed E-state index contributed by atoms with van der Waals surface area (Å²) >= 11 is 0. The highest BCUT2D eigenvalue weighted by atomic mass is 19.4. The van der Waals surface area contributed by atoms with E-state index >= 15 is 0 Å². The van der Waals surface area contributed by atoms with Crippen LogP contribution in [0.4, 0.5) is 18.9 Å². The first-order valence-electron chi connectivity index (χ1n) is 4.55. The summed E-state index contributed by atoms with van der Waals surface area (Å²) in [5, 5.41) is 4.24. The molecule has 0 aliphatic heterocycles. The average molecular weight is 246 g/mol. The van der Waals surface area contributed by atoms with Crippen molar-refractivity contribution in [1.82, 2.24) is 5.32 Å². The first kappa shape index (κ1) is 13.0. The first-order valence-corrected chi connectivity index (χ1v) is 4.55. The van der Waals surface area contributed by atoms with Gasteiger partial charge in [-0.1, -0.05) is 0 Å². The lowest BCUT2D eigenvalue weighted by Crippen LogP contribution is -2.32. The molecule has 1 aromatic rings. The van der Waals surface area contributed by atoms with Gasteiger partial charge in [-0.15, -0.1) is 0 Å². The van der Waals surface area contributed by atoms with Crippen LogP contribution in [0.2, 0.25) is 0 Å². The molecule has 2 amide bonds. The number of likely N-dealkylation sites (N-methyl/N-ethyl adjacent to an activating group) is 1. The number of benzene rings is 1. The van der Waals surface area contributed by atoms with Gasteiger partial charge in [-0.3, -0.25) is 9.59 Å². The van der Waals surface area contributed by atoms with Crippen LogP contribution in [-0.2, 0) is 15.8 Å². The van der Waals surface area contributed by atoms with Crippen molar-refractivity contribution in [3.63, 3.8) is 0 Å². The number of halogens is 3. The van der Waals surface area contributed by atoms with Crippen molar-refractivity contribution in [3.8, 4) is 0 Å². The van der Waals surface area contributed by atoms with Crippen LogP contribution in [0, 0.1) is 0 Å². The third kappa shape index (κ3) is 3.47. The minimum atomic E-state index is -4.43. The second-order valence-electron chi connectivity index (χ2n) is 3.11. The van der Waals surface area contributed by atoms with E-state index in [2.05, 4.69) is 10.6 Å². The molecule has 0 bridgehead atoms. The number of alkyl halides is 3. The Morgan fingerprint density at radius 2 is 1.59 bits per heavy atom. The molecule has 4 nitrogen and oxygen atoms in total.